The van der Waals surface area contributed by atoms with E-state index in [9.17, 15) is 9.18 Å². The highest BCUT2D eigenvalue weighted by Gasteiger charge is 2.32. The number of benzene rings is 1. The molecule has 0 spiro atoms. The summed E-state index contributed by atoms with van der Waals surface area (Å²) >= 11 is 3.20. The minimum Gasteiger partial charge on any atom is -0.351 e. The van der Waals surface area contributed by atoms with Gasteiger partial charge in [0.05, 0.1) is 4.47 Å². The van der Waals surface area contributed by atoms with Crippen molar-refractivity contribution < 1.29 is 9.18 Å². The summed E-state index contributed by atoms with van der Waals surface area (Å²) in [5, 5.41) is 6.99. The number of nitrogens with one attached hydrogen (secondary N) is 1. The predicted octanol–water partition coefficient (Wildman–Crippen LogP) is 2.80. The van der Waals surface area contributed by atoms with Crippen LogP contribution in [-0.2, 0) is 4.79 Å². The van der Waals surface area contributed by atoms with Crippen molar-refractivity contribution in [2.75, 3.05) is 0 Å². The molecule has 2 aromatic rings. The zero-order valence-corrected chi connectivity index (χ0v) is 13.6. The Bertz CT molecular complexity index is 670. The van der Waals surface area contributed by atoms with Gasteiger partial charge in [0.1, 0.15) is 24.5 Å². The molecule has 5 nitrogen and oxygen atoms in total. The fraction of sp³-hybridized carbons (Fsp3) is 0.400. The van der Waals surface area contributed by atoms with Gasteiger partial charge in [0.25, 0.3) is 0 Å². The van der Waals surface area contributed by atoms with Crippen molar-refractivity contribution in [3.05, 3.63) is 46.7 Å². The molecule has 7 heteroatoms. The highest BCUT2D eigenvalue weighted by Crippen LogP contribution is 2.38. The van der Waals surface area contributed by atoms with Gasteiger partial charge in [0.2, 0.25) is 5.91 Å². The Morgan fingerprint density at radius 2 is 2.27 bits per heavy atom. The number of carbonyl (C=O) groups excluding carboxylic acids is 1. The number of hydrogen-bond donors (Lipinski definition) is 1. The topological polar surface area (TPSA) is 59.8 Å². The van der Waals surface area contributed by atoms with E-state index in [0.717, 1.165) is 18.4 Å². The average Bonchev–Trinajstić information content (AvgIpc) is 2.98. The van der Waals surface area contributed by atoms with E-state index < -0.39 is 0 Å². The van der Waals surface area contributed by atoms with Gasteiger partial charge in [0.15, 0.2) is 0 Å². The van der Waals surface area contributed by atoms with Crippen molar-refractivity contribution in [2.24, 2.45) is 0 Å². The maximum atomic E-state index is 13.2. The van der Waals surface area contributed by atoms with Gasteiger partial charge < -0.3 is 5.32 Å². The number of rotatable bonds is 4. The van der Waals surface area contributed by atoms with Gasteiger partial charge in [-0.05, 0) is 59.3 Å². The van der Waals surface area contributed by atoms with Gasteiger partial charge in [-0.25, -0.2) is 14.1 Å². The third kappa shape index (κ3) is 3.04. The molecule has 0 bridgehead atoms. The fourth-order valence-corrected chi connectivity index (χ4v) is 3.03. The third-order valence-electron chi connectivity index (χ3n) is 4.11. The van der Waals surface area contributed by atoms with Crippen LogP contribution in [0.3, 0.4) is 0 Å². The van der Waals surface area contributed by atoms with Gasteiger partial charge in [-0.1, -0.05) is 6.07 Å². The number of halogens is 2. The van der Waals surface area contributed by atoms with Gasteiger partial charge in [0, 0.05) is 6.04 Å². The summed E-state index contributed by atoms with van der Waals surface area (Å²) in [5.74, 6) is 0.0488. The molecular weight excluding hydrogens is 351 g/mol. The van der Waals surface area contributed by atoms with Gasteiger partial charge in [-0.15, -0.1) is 0 Å². The van der Waals surface area contributed by atoms with Crippen molar-refractivity contribution in [3.63, 3.8) is 0 Å². The van der Waals surface area contributed by atoms with E-state index >= 15 is 0 Å². The smallest absolute Gasteiger partial charge is 0.244 e. The van der Waals surface area contributed by atoms with Gasteiger partial charge >= 0.3 is 0 Å². The number of nitrogens with zero attached hydrogens (tertiary/aromatic N) is 3. The monoisotopic (exact) mass is 366 g/mol. The summed E-state index contributed by atoms with van der Waals surface area (Å²) in [6.07, 6.45) is 4.68. The van der Waals surface area contributed by atoms with Crippen molar-refractivity contribution in [2.45, 2.75) is 37.8 Å². The summed E-state index contributed by atoms with van der Waals surface area (Å²) in [6.45, 7) is 1.79. The average molecular weight is 367 g/mol. The molecule has 1 unspecified atom stereocenters. The molecular formula is C15H16BrFN4O. The summed E-state index contributed by atoms with van der Waals surface area (Å²) in [4.78, 5) is 16.0. The lowest BCUT2D eigenvalue weighted by molar-refractivity contribution is -0.125. The van der Waals surface area contributed by atoms with Crippen LogP contribution < -0.4 is 5.32 Å². The Morgan fingerprint density at radius 3 is 2.91 bits per heavy atom. The molecule has 1 aromatic carbocycles. The summed E-state index contributed by atoms with van der Waals surface area (Å²) < 4.78 is 15.3. The van der Waals surface area contributed by atoms with E-state index in [1.165, 1.54) is 23.4 Å². The summed E-state index contributed by atoms with van der Waals surface area (Å²) in [5.41, 5.74) is 1.10. The molecule has 1 saturated carbocycles. The second-order valence-corrected chi connectivity index (χ2v) is 6.45. The molecule has 1 amide bonds. The van der Waals surface area contributed by atoms with Gasteiger partial charge in [-0.2, -0.15) is 5.10 Å². The van der Waals surface area contributed by atoms with Crippen LogP contribution in [0.1, 0.15) is 37.3 Å². The zero-order chi connectivity index (χ0) is 15.7. The first-order chi connectivity index (χ1) is 10.5. The first-order valence-electron chi connectivity index (χ1n) is 7.14. The van der Waals surface area contributed by atoms with Crippen molar-refractivity contribution in [1.82, 2.24) is 20.1 Å². The van der Waals surface area contributed by atoms with E-state index in [0.29, 0.717) is 10.4 Å². The Hall–Kier alpha value is -1.76. The second-order valence-electron chi connectivity index (χ2n) is 5.60. The first kappa shape index (κ1) is 15.1. The van der Waals surface area contributed by atoms with Crippen LogP contribution >= 0.6 is 15.9 Å². The van der Waals surface area contributed by atoms with Crippen LogP contribution in [-0.4, -0.2) is 26.7 Å². The van der Waals surface area contributed by atoms with Crippen LogP contribution in [0, 0.1) is 5.82 Å². The SMILES string of the molecule is CC(C(=O)NC1CC(c2ccc(F)c(Br)c2)C1)n1cncn1. The quantitative estimate of drug-likeness (QED) is 0.904. The molecule has 0 radical (unpaired) electrons. The molecule has 1 N–H and O–H groups in total. The number of aromatic nitrogens is 3. The Labute approximate surface area is 136 Å². The minimum absolute atomic E-state index is 0.0609. The van der Waals surface area contributed by atoms with Crippen molar-refractivity contribution in [3.8, 4) is 0 Å². The largest absolute Gasteiger partial charge is 0.351 e. The van der Waals surface area contributed by atoms with E-state index in [4.69, 9.17) is 0 Å². The Morgan fingerprint density at radius 1 is 1.50 bits per heavy atom. The molecule has 1 aromatic heterocycles. The highest BCUT2D eigenvalue weighted by molar-refractivity contribution is 9.10. The molecule has 1 fully saturated rings. The molecule has 22 heavy (non-hydrogen) atoms. The van der Waals surface area contributed by atoms with E-state index in [-0.39, 0.29) is 23.8 Å². The number of carbonyl (C=O) groups is 1. The maximum Gasteiger partial charge on any atom is 0.244 e. The van der Waals surface area contributed by atoms with Gasteiger partial charge in [-0.3, -0.25) is 4.79 Å². The fourth-order valence-electron chi connectivity index (χ4n) is 2.63. The normalized spacial score (nSPS) is 22.0. The molecule has 1 aliphatic carbocycles. The van der Waals surface area contributed by atoms with E-state index in [1.807, 2.05) is 6.07 Å². The predicted molar refractivity (Wildman–Crippen MR) is 82.7 cm³/mol. The Kier molecular flexibility index (Phi) is 4.24. The zero-order valence-electron chi connectivity index (χ0n) is 12.0. The Balaban J connectivity index is 1.53. The van der Waals surface area contributed by atoms with Crippen LogP contribution in [0.2, 0.25) is 0 Å². The van der Waals surface area contributed by atoms with Crippen molar-refractivity contribution in [1.29, 1.82) is 0 Å². The molecule has 116 valence electrons. The molecule has 1 heterocycles. The lowest BCUT2D eigenvalue weighted by atomic mass is 9.76. The van der Waals surface area contributed by atoms with Crippen LogP contribution in [0.25, 0.3) is 0 Å². The number of hydrogen-bond acceptors (Lipinski definition) is 3. The second kappa shape index (κ2) is 6.16. The van der Waals surface area contributed by atoms with E-state index in [2.05, 4.69) is 31.3 Å². The lowest BCUT2D eigenvalue weighted by Gasteiger charge is -2.36. The lowest BCUT2D eigenvalue weighted by Crippen LogP contribution is -2.45. The molecule has 0 aliphatic heterocycles. The van der Waals surface area contributed by atoms with Crippen LogP contribution in [0.15, 0.2) is 35.3 Å². The molecule has 1 aliphatic rings. The highest BCUT2D eigenvalue weighted by atomic mass is 79.9. The summed E-state index contributed by atoms with van der Waals surface area (Å²) in [7, 11) is 0. The van der Waals surface area contributed by atoms with Crippen LogP contribution in [0.4, 0.5) is 4.39 Å². The maximum absolute atomic E-state index is 13.2. The molecule has 0 saturated heterocycles. The van der Waals surface area contributed by atoms with Crippen molar-refractivity contribution >= 4 is 21.8 Å². The van der Waals surface area contributed by atoms with Crippen LogP contribution in [0.5, 0.6) is 0 Å². The molecule has 1 atom stereocenters. The number of amides is 1. The minimum atomic E-state index is -0.374. The van der Waals surface area contributed by atoms with E-state index in [1.54, 1.807) is 13.0 Å². The molecule has 3 rings (SSSR count). The first-order valence-corrected chi connectivity index (χ1v) is 7.93. The summed E-state index contributed by atoms with van der Waals surface area (Å²) in [6, 6.07) is 4.88. The standard InChI is InChI=1S/C15H16BrFN4O/c1-9(21-8-18-7-19-21)15(22)20-12-4-11(5-12)10-2-3-14(17)13(16)6-10/h2-3,6-9,11-12H,4-5H2,1H3,(H,20,22). The third-order valence-corrected chi connectivity index (χ3v) is 4.72.